The Morgan fingerprint density at radius 1 is 1.35 bits per heavy atom. The van der Waals surface area contributed by atoms with Crippen LogP contribution in [0.5, 0.6) is 0 Å². The number of carbonyl (C=O) groups excluding carboxylic acids is 1. The maximum Gasteiger partial charge on any atom is 0.252 e. The van der Waals surface area contributed by atoms with Gasteiger partial charge in [-0.1, -0.05) is 13.3 Å². The SMILES string of the molecule is CCCC(CCO)CNc1ccc(C(=O)NCC)cn1. The molecule has 3 N–H and O–H groups in total. The molecule has 1 rings (SSSR count). The minimum absolute atomic E-state index is 0.101. The summed E-state index contributed by atoms with van der Waals surface area (Å²) in [7, 11) is 0. The van der Waals surface area contributed by atoms with Gasteiger partial charge in [0.1, 0.15) is 5.82 Å². The van der Waals surface area contributed by atoms with E-state index in [1.165, 1.54) is 0 Å². The number of amides is 1. The Balaban J connectivity index is 2.50. The molecular formula is C15H25N3O2. The number of pyridine rings is 1. The lowest BCUT2D eigenvalue weighted by Gasteiger charge is -2.16. The average Bonchev–Trinajstić information content (AvgIpc) is 2.46. The van der Waals surface area contributed by atoms with Crippen LogP contribution in [0.25, 0.3) is 0 Å². The van der Waals surface area contributed by atoms with Crippen LogP contribution >= 0.6 is 0 Å². The lowest BCUT2D eigenvalue weighted by atomic mass is 10.0. The number of aliphatic hydroxyl groups excluding tert-OH is 1. The van der Waals surface area contributed by atoms with E-state index in [0.717, 1.165) is 31.6 Å². The lowest BCUT2D eigenvalue weighted by Crippen LogP contribution is -2.23. The van der Waals surface area contributed by atoms with E-state index in [1.54, 1.807) is 12.3 Å². The molecular weight excluding hydrogens is 254 g/mol. The molecule has 0 fully saturated rings. The zero-order valence-corrected chi connectivity index (χ0v) is 12.4. The summed E-state index contributed by atoms with van der Waals surface area (Å²) in [6, 6.07) is 3.58. The standard InChI is InChI=1S/C15H25N3O2/c1-3-5-12(8-9-19)10-17-14-7-6-13(11-18-14)15(20)16-4-2/h6-7,11-12,19H,3-5,8-10H2,1-2H3,(H,16,20)(H,17,18). The van der Waals surface area contributed by atoms with Crippen LogP contribution in [0.2, 0.25) is 0 Å². The molecule has 1 heterocycles. The molecule has 5 nitrogen and oxygen atoms in total. The van der Waals surface area contributed by atoms with Crippen molar-refractivity contribution < 1.29 is 9.90 Å². The summed E-state index contributed by atoms with van der Waals surface area (Å²) < 4.78 is 0. The number of anilines is 1. The quantitative estimate of drug-likeness (QED) is 0.646. The number of hydrogen-bond donors (Lipinski definition) is 3. The highest BCUT2D eigenvalue weighted by Gasteiger charge is 2.08. The Kier molecular flexibility index (Phi) is 7.65. The number of rotatable bonds is 9. The number of nitrogens with zero attached hydrogens (tertiary/aromatic N) is 1. The predicted octanol–water partition coefficient (Wildman–Crippen LogP) is 2.04. The van der Waals surface area contributed by atoms with E-state index in [-0.39, 0.29) is 12.5 Å². The van der Waals surface area contributed by atoms with E-state index in [4.69, 9.17) is 5.11 Å². The normalized spacial score (nSPS) is 11.9. The van der Waals surface area contributed by atoms with Gasteiger partial charge in [-0.25, -0.2) is 4.98 Å². The molecule has 1 aromatic heterocycles. The summed E-state index contributed by atoms with van der Waals surface area (Å²) in [6.07, 6.45) is 4.58. The van der Waals surface area contributed by atoms with E-state index < -0.39 is 0 Å². The number of aromatic nitrogens is 1. The van der Waals surface area contributed by atoms with Gasteiger partial charge in [-0.2, -0.15) is 0 Å². The number of aliphatic hydroxyl groups is 1. The van der Waals surface area contributed by atoms with Gasteiger partial charge in [-0.05, 0) is 37.8 Å². The van der Waals surface area contributed by atoms with Gasteiger partial charge in [0.25, 0.3) is 5.91 Å². The monoisotopic (exact) mass is 279 g/mol. The van der Waals surface area contributed by atoms with Gasteiger partial charge in [-0.15, -0.1) is 0 Å². The maximum atomic E-state index is 11.6. The molecule has 0 aliphatic rings. The maximum absolute atomic E-state index is 11.6. The van der Waals surface area contributed by atoms with Crippen LogP contribution in [0.1, 0.15) is 43.5 Å². The summed E-state index contributed by atoms with van der Waals surface area (Å²) in [5, 5.41) is 15.0. The summed E-state index contributed by atoms with van der Waals surface area (Å²) in [5.41, 5.74) is 0.567. The Hall–Kier alpha value is -1.62. The van der Waals surface area contributed by atoms with Crippen LogP contribution in [0.15, 0.2) is 18.3 Å². The highest BCUT2D eigenvalue weighted by atomic mass is 16.3. The van der Waals surface area contributed by atoms with Crippen molar-refractivity contribution in [2.24, 2.45) is 5.92 Å². The van der Waals surface area contributed by atoms with Crippen LogP contribution < -0.4 is 10.6 Å². The third-order valence-electron chi connectivity index (χ3n) is 3.17. The molecule has 112 valence electrons. The fourth-order valence-corrected chi connectivity index (χ4v) is 2.08. The average molecular weight is 279 g/mol. The number of nitrogens with one attached hydrogen (secondary N) is 2. The molecule has 1 aromatic rings. The molecule has 0 aromatic carbocycles. The van der Waals surface area contributed by atoms with Crippen molar-refractivity contribution in [1.29, 1.82) is 0 Å². The second kappa shape index (κ2) is 9.31. The fraction of sp³-hybridized carbons (Fsp3) is 0.600. The molecule has 1 unspecified atom stereocenters. The van der Waals surface area contributed by atoms with Gasteiger partial charge in [0.05, 0.1) is 5.56 Å². The van der Waals surface area contributed by atoms with Crippen LogP contribution in [-0.4, -0.2) is 35.7 Å². The van der Waals surface area contributed by atoms with Crippen molar-refractivity contribution in [3.05, 3.63) is 23.9 Å². The highest BCUT2D eigenvalue weighted by molar-refractivity contribution is 5.93. The van der Waals surface area contributed by atoms with Crippen LogP contribution in [-0.2, 0) is 0 Å². The smallest absolute Gasteiger partial charge is 0.252 e. The molecule has 0 radical (unpaired) electrons. The Bertz CT molecular complexity index is 387. The van der Waals surface area contributed by atoms with Gasteiger partial charge < -0.3 is 15.7 Å². The lowest BCUT2D eigenvalue weighted by molar-refractivity contribution is 0.0955. The Labute approximate surface area is 120 Å². The highest BCUT2D eigenvalue weighted by Crippen LogP contribution is 2.12. The topological polar surface area (TPSA) is 74.2 Å². The van der Waals surface area contributed by atoms with Gasteiger partial charge in [0, 0.05) is 25.9 Å². The molecule has 1 atom stereocenters. The number of hydrogen-bond acceptors (Lipinski definition) is 4. The second-order valence-electron chi connectivity index (χ2n) is 4.84. The first-order chi connectivity index (χ1) is 9.71. The van der Waals surface area contributed by atoms with E-state index >= 15 is 0 Å². The molecule has 20 heavy (non-hydrogen) atoms. The predicted molar refractivity (Wildman–Crippen MR) is 80.8 cm³/mol. The largest absolute Gasteiger partial charge is 0.396 e. The first-order valence-corrected chi connectivity index (χ1v) is 7.30. The minimum Gasteiger partial charge on any atom is -0.396 e. The molecule has 5 heteroatoms. The van der Waals surface area contributed by atoms with Gasteiger partial charge >= 0.3 is 0 Å². The molecule has 0 bridgehead atoms. The zero-order chi connectivity index (χ0) is 14.8. The van der Waals surface area contributed by atoms with Crippen molar-refractivity contribution in [3.63, 3.8) is 0 Å². The summed E-state index contributed by atoms with van der Waals surface area (Å²) in [4.78, 5) is 15.8. The van der Waals surface area contributed by atoms with Crippen molar-refractivity contribution in [3.8, 4) is 0 Å². The van der Waals surface area contributed by atoms with Crippen molar-refractivity contribution in [1.82, 2.24) is 10.3 Å². The first-order valence-electron chi connectivity index (χ1n) is 7.30. The summed E-state index contributed by atoms with van der Waals surface area (Å²) in [5.74, 6) is 1.11. The van der Waals surface area contributed by atoms with Gasteiger partial charge in [0.2, 0.25) is 0 Å². The molecule has 0 aliphatic heterocycles. The van der Waals surface area contributed by atoms with E-state index in [1.807, 2.05) is 13.0 Å². The fourth-order valence-electron chi connectivity index (χ4n) is 2.08. The van der Waals surface area contributed by atoms with Gasteiger partial charge in [0.15, 0.2) is 0 Å². The van der Waals surface area contributed by atoms with E-state index in [0.29, 0.717) is 18.0 Å². The zero-order valence-electron chi connectivity index (χ0n) is 12.4. The third kappa shape index (κ3) is 5.57. The molecule has 1 amide bonds. The Morgan fingerprint density at radius 3 is 2.70 bits per heavy atom. The van der Waals surface area contributed by atoms with Gasteiger partial charge in [-0.3, -0.25) is 4.79 Å². The van der Waals surface area contributed by atoms with E-state index in [2.05, 4.69) is 22.5 Å². The van der Waals surface area contributed by atoms with E-state index in [9.17, 15) is 4.79 Å². The summed E-state index contributed by atoms with van der Waals surface area (Å²) in [6.45, 7) is 5.65. The number of carbonyl (C=O) groups is 1. The van der Waals surface area contributed by atoms with Crippen LogP contribution in [0, 0.1) is 5.92 Å². The van der Waals surface area contributed by atoms with Crippen molar-refractivity contribution in [2.45, 2.75) is 33.1 Å². The second-order valence-corrected chi connectivity index (χ2v) is 4.84. The molecule has 0 aliphatic carbocycles. The van der Waals surface area contributed by atoms with Crippen molar-refractivity contribution in [2.75, 3.05) is 25.0 Å². The molecule has 0 saturated carbocycles. The summed E-state index contributed by atoms with van der Waals surface area (Å²) >= 11 is 0. The Morgan fingerprint density at radius 2 is 2.15 bits per heavy atom. The van der Waals surface area contributed by atoms with Crippen LogP contribution in [0.3, 0.4) is 0 Å². The molecule has 0 saturated heterocycles. The minimum atomic E-state index is -0.101. The van der Waals surface area contributed by atoms with Crippen LogP contribution in [0.4, 0.5) is 5.82 Å². The first kappa shape index (κ1) is 16.4. The molecule has 0 spiro atoms. The third-order valence-corrected chi connectivity index (χ3v) is 3.17. The van der Waals surface area contributed by atoms with Crippen molar-refractivity contribution >= 4 is 11.7 Å².